The highest BCUT2D eigenvalue weighted by atomic mass is 19.1. The highest BCUT2D eigenvalue weighted by Gasteiger charge is 2.14. The molecule has 2 N–H and O–H groups in total. The second-order valence-corrected chi connectivity index (χ2v) is 4.20. The van der Waals surface area contributed by atoms with Crippen LogP contribution >= 0.6 is 0 Å². The zero-order valence-electron chi connectivity index (χ0n) is 10.8. The van der Waals surface area contributed by atoms with Gasteiger partial charge in [-0.05, 0) is 30.5 Å². The summed E-state index contributed by atoms with van der Waals surface area (Å²) >= 11 is 0. The average molecular weight is 247 g/mol. The van der Waals surface area contributed by atoms with Crippen molar-refractivity contribution < 1.29 is 4.39 Å². The topological polar surface area (TPSA) is 43.8 Å². The third kappa shape index (κ3) is 2.16. The summed E-state index contributed by atoms with van der Waals surface area (Å²) in [4.78, 5) is 0. The monoisotopic (exact) mass is 247 g/mol. The molecule has 0 spiro atoms. The number of nitrogens with two attached hydrogens (primary N) is 1. The van der Waals surface area contributed by atoms with Crippen LogP contribution in [0.2, 0.25) is 0 Å². The lowest BCUT2D eigenvalue weighted by atomic mass is 10.1. The third-order valence-electron chi connectivity index (χ3n) is 3.06. The molecule has 0 saturated heterocycles. The van der Waals surface area contributed by atoms with Gasteiger partial charge in [0.1, 0.15) is 11.5 Å². The van der Waals surface area contributed by atoms with Gasteiger partial charge in [-0.1, -0.05) is 26.0 Å². The molecule has 2 aromatic rings. The van der Waals surface area contributed by atoms with Gasteiger partial charge in [0.15, 0.2) is 0 Å². The number of benzene rings is 1. The van der Waals surface area contributed by atoms with E-state index < -0.39 is 0 Å². The summed E-state index contributed by atoms with van der Waals surface area (Å²) in [7, 11) is 0. The van der Waals surface area contributed by atoms with E-state index in [2.05, 4.69) is 5.10 Å². The Bertz CT molecular complexity index is 546. The minimum absolute atomic E-state index is 0.279. The van der Waals surface area contributed by atoms with Gasteiger partial charge in [0, 0.05) is 12.2 Å². The summed E-state index contributed by atoms with van der Waals surface area (Å²) in [5.41, 5.74) is 8.91. The van der Waals surface area contributed by atoms with E-state index in [0.29, 0.717) is 12.2 Å². The highest BCUT2D eigenvalue weighted by molar-refractivity contribution is 5.43. The Morgan fingerprint density at radius 3 is 2.67 bits per heavy atom. The van der Waals surface area contributed by atoms with Crippen molar-refractivity contribution in [1.82, 2.24) is 9.78 Å². The van der Waals surface area contributed by atoms with Crippen molar-refractivity contribution in [3.63, 3.8) is 0 Å². The Balaban J connectivity index is 2.64. The van der Waals surface area contributed by atoms with Crippen LogP contribution in [0, 0.1) is 5.82 Å². The first kappa shape index (κ1) is 12.8. The highest BCUT2D eigenvalue weighted by Crippen LogP contribution is 2.21. The van der Waals surface area contributed by atoms with Crippen LogP contribution in [0.3, 0.4) is 0 Å². The molecule has 1 aromatic heterocycles. The number of rotatable bonds is 4. The smallest absolute Gasteiger partial charge is 0.149 e. The molecule has 0 bridgehead atoms. The van der Waals surface area contributed by atoms with Gasteiger partial charge in [0.2, 0.25) is 0 Å². The summed E-state index contributed by atoms with van der Waals surface area (Å²) in [6.45, 7) is 4.38. The van der Waals surface area contributed by atoms with Crippen molar-refractivity contribution >= 4 is 0 Å². The molecule has 0 aliphatic rings. The maximum atomic E-state index is 14.0. The first-order valence-corrected chi connectivity index (χ1v) is 6.26. The van der Waals surface area contributed by atoms with Crippen molar-refractivity contribution in [3.8, 4) is 5.69 Å². The van der Waals surface area contributed by atoms with E-state index in [4.69, 9.17) is 5.73 Å². The van der Waals surface area contributed by atoms with E-state index in [-0.39, 0.29) is 5.82 Å². The minimum atomic E-state index is -0.279. The lowest BCUT2D eigenvalue weighted by Crippen LogP contribution is -2.10. The number of halogens is 1. The van der Waals surface area contributed by atoms with Crippen LogP contribution in [-0.2, 0) is 19.4 Å². The van der Waals surface area contributed by atoms with Gasteiger partial charge >= 0.3 is 0 Å². The van der Waals surface area contributed by atoms with Gasteiger partial charge in [0.05, 0.1) is 5.69 Å². The second kappa shape index (κ2) is 5.31. The molecule has 4 heteroatoms. The number of aromatic nitrogens is 2. The quantitative estimate of drug-likeness (QED) is 0.902. The van der Waals surface area contributed by atoms with E-state index >= 15 is 0 Å². The predicted octanol–water partition coefficient (Wildman–Crippen LogP) is 2.59. The molecule has 1 aromatic carbocycles. The molecule has 1 heterocycles. The van der Waals surface area contributed by atoms with Crippen molar-refractivity contribution in [3.05, 3.63) is 47.0 Å². The van der Waals surface area contributed by atoms with E-state index in [1.54, 1.807) is 10.7 Å². The molecule has 2 rings (SSSR count). The van der Waals surface area contributed by atoms with E-state index in [1.807, 2.05) is 26.0 Å². The summed E-state index contributed by atoms with van der Waals surface area (Å²) in [5, 5.41) is 4.46. The molecule has 0 amide bonds. The van der Waals surface area contributed by atoms with Crippen LogP contribution < -0.4 is 5.73 Å². The van der Waals surface area contributed by atoms with Crippen molar-refractivity contribution in [1.29, 1.82) is 0 Å². The van der Waals surface area contributed by atoms with Gasteiger partial charge < -0.3 is 5.73 Å². The first-order chi connectivity index (χ1) is 8.71. The zero-order valence-corrected chi connectivity index (χ0v) is 10.8. The van der Waals surface area contributed by atoms with Crippen LogP contribution in [0.15, 0.2) is 24.3 Å². The fourth-order valence-electron chi connectivity index (χ4n) is 2.06. The number of nitrogens with zero attached hydrogens (tertiary/aromatic N) is 2. The van der Waals surface area contributed by atoms with Crippen LogP contribution in [-0.4, -0.2) is 9.78 Å². The SMILES string of the molecule is CCc1cc(CC)n(-c2c(F)cccc2CN)n1. The first-order valence-electron chi connectivity index (χ1n) is 6.26. The normalized spacial score (nSPS) is 10.9. The van der Waals surface area contributed by atoms with E-state index in [9.17, 15) is 4.39 Å². The van der Waals surface area contributed by atoms with Gasteiger partial charge in [-0.25, -0.2) is 9.07 Å². The maximum Gasteiger partial charge on any atom is 0.149 e. The number of hydrogen-bond acceptors (Lipinski definition) is 2. The second-order valence-electron chi connectivity index (χ2n) is 4.20. The summed E-state index contributed by atoms with van der Waals surface area (Å²) < 4.78 is 15.7. The van der Waals surface area contributed by atoms with E-state index in [0.717, 1.165) is 29.8 Å². The molecule has 3 nitrogen and oxygen atoms in total. The molecule has 0 unspecified atom stereocenters. The fourth-order valence-corrected chi connectivity index (χ4v) is 2.06. The lowest BCUT2D eigenvalue weighted by molar-refractivity contribution is 0.602. The van der Waals surface area contributed by atoms with E-state index in [1.165, 1.54) is 6.07 Å². The molecule has 0 fully saturated rings. The summed E-state index contributed by atoms with van der Waals surface area (Å²) in [5.74, 6) is -0.279. The van der Waals surface area contributed by atoms with Crippen LogP contribution in [0.1, 0.15) is 30.8 Å². The Morgan fingerprint density at radius 2 is 2.06 bits per heavy atom. The maximum absolute atomic E-state index is 14.0. The predicted molar refractivity (Wildman–Crippen MR) is 70.2 cm³/mol. The molecule has 0 atom stereocenters. The molecular weight excluding hydrogens is 229 g/mol. The Hall–Kier alpha value is -1.68. The van der Waals surface area contributed by atoms with Crippen LogP contribution in [0.5, 0.6) is 0 Å². The molecule has 0 aliphatic carbocycles. The standard InChI is InChI=1S/C14H18FN3/c1-3-11-8-12(4-2)18(17-11)14-10(9-16)6-5-7-13(14)15/h5-8H,3-4,9,16H2,1-2H3. The van der Waals surface area contributed by atoms with Gasteiger partial charge in [-0.2, -0.15) is 5.10 Å². The fraction of sp³-hybridized carbons (Fsp3) is 0.357. The minimum Gasteiger partial charge on any atom is -0.326 e. The van der Waals surface area contributed by atoms with Crippen molar-refractivity contribution in [2.24, 2.45) is 5.73 Å². The van der Waals surface area contributed by atoms with Gasteiger partial charge in [-0.3, -0.25) is 0 Å². The van der Waals surface area contributed by atoms with Crippen molar-refractivity contribution in [2.45, 2.75) is 33.2 Å². The number of hydrogen-bond donors (Lipinski definition) is 1. The zero-order chi connectivity index (χ0) is 13.1. The lowest BCUT2D eigenvalue weighted by Gasteiger charge is -2.11. The molecular formula is C14H18FN3. The Labute approximate surface area is 106 Å². The number of para-hydroxylation sites is 1. The molecule has 18 heavy (non-hydrogen) atoms. The summed E-state index contributed by atoms with van der Waals surface area (Å²) in [6, 6.07) is 6.98. The molecule has 0 saturated carbocycles. The van der Waals surface area contributed by atoms with Crippen LogP contribution in [0.25, 0.3) is 5.69 Å². The van der Waals surface area contributed by atoms with Crippen LogP contribution in [0.4, 0.5) is 4.39 Å². The molecule has 96 valence electrons. The largest absolute Gasteiger partial charge is 0.326 e. The number of aryl methyl sites for hydroxylation is 2. The summed E-state index contributed by atoms with van der Waals surface area (Å²) in [6.07, 6.45) is 1.65. The van der Waals surface area contributed by atoms with Gasteiger partial charge in [-0.15, -0.1) is 0 Å². The third-order valence-corrected chi connectivity index (χ3v) is 3.06. The molecule has 0 aliphatic heterocycles. The Kier molecular flexibility index (Phi) is 3.77. The van der Waals surface area contributed by atoms with Gasteiger partial charge in [0.25, 0.3) is 0 Å². The van der Waals surface area contributed by atoms with Crippen molar-refractivity contribution in [2.75, 3.05) is 0 Å². The average Bonchev–Trinajstić information content (AvgIpc) is 2.81. The Morgan fingerprint density at radius 1 is 1.28 bits per heavy atom. The molecule has 0 radical (unpaired) electrons.